The second kappa shape index (κ2) is 8.10. The van der Waals surface area contributed by atoms with Crippen LogP contribution in [0.15, 0.2) is 42.5 Å². The fourth-order valence-electron chi connectivity index (χ4n) is 2.94. The molecule has 1 N–H and O–H groups in total. The van der Waals surface area contributed by atoms with Crippen LogP contribution in [-0.4, -0.2) is 59.3 Å². The molecule has 0 radical (unpaired) electrons. The molecule has 1 aliphatic heterocycles. The Morgan fingerprint density at radius 3 is 2.31 bits per heavy atom. The van der Waals surface area contributed by atoms with E-state index in [1.54, 1.807) is 23.1 Å². The lowest BCUT2D eigenvalue weighted by atomic mass is 10.2. The summed E-state index contributed by atoms with van der Waals surface area (Å²) >= 11 is 0. The van der Waals surface area contributed by atoms with E-state index >= 15 is 0 Å². The van der Waals surface area contributed by atoms with E-state index in [0.717, 1.165) is 25.2 Å². The minimum absolute atomic E-state index is 0.120. The SMILES string of the molecule is CCN1CCN(C(=O)c2cccc(C(=O)Nc3ccc(C)cc3)n2)CC1. The molecule has 1 aliphatic rings. The summed E-state index contributed by atoms with van der Waals surface area (Å²) in [5.41, 5.74) is 2.38. The standard InChI is InChI=1S/C20H24N4O2/c1-3-23-11-13-24(14-12-23)20(26)18-6-4-5-17(22-18)19(25)21-16-9-7-15(2)8-10-16/h4-10H,3,11-14H2,1-2H3,(H,21,25). The van der Waals surface area contributed by atoms with Crippen LogP contribution in [0.2, 0.25) is 0 Å². The van der Waals surface area contributed by atoms with E-state index in [-0.39, 0.29) is 17.5 Å². The first-order chi connectivity index (χ1) is 12.6. The minimum Gasteiger partial charge on any atom is -0.335 e. The van der Waals surface area contributed by atoms with Gasteiger partial charge in [0.2, 0.25) is 0 Å². The average Bonchev–Trinajstić information content (AvgIpc) is 2.69. The Morgan fingerprint density at radius 1 is 1.00 bits per heavy atom. The minimum atomic E-state index is -0.320. The number of nitrogens with zero attached hydrogens (tertiary/aromatic N) is 3. The van der Waals surface area contributed by atoms with Crippen LogP contribution in [0, 0.1) is 6.92 Å². The van der Waals surface area contributed by atoms with E-state index in [2.05, 4.69) is 22.1 Å². The zero-order valence-corrected chi connectivity index (χ0v) is 15.2. The normalized spacial score (nSPS) is 14.9. The van der Waals surface area contributed by atoms with Crippen LogP contribution in [0.3, 0.4) is 0 Å². The molecular weight excluding hydrogens is 328 g/mol. The van der Waals surface area contributed by atoms with Crippen LogP contribution in [0.1, 0.15) is 33.5 Å². The van der Waals surface area contributed by atoms with E-state index in [1.807, 2.05) is 31.2 Å². The molecule has 0 saturated carbocycles. The number of likely N-dealkylation sites (N-methyl/N-ethyl adjacent to an activating group) is 1. The van der Waals surface area contributed by atoms with Crippen LogP contribution in [0.25, 0.3) is 0 Å². The first-order valence-corrected chi connectivity index (χ1v) is 8.93. The van der Waals surface area contributed by atoms with Gasteiger partial charge in [0.15, 0.2) is 0 Å². The Balaban J connectivity index is 1.68. The fraction of sp³-hybridized carbons (Fsp3) is 0.350. The molecular formula is C20H24N4O2. The molecule has 3 rings (SSSR count). The van der Waals surface area contributed by atoms with E-state index in [9.17, 15) is 9.59 Å². The Labute approximate surface area is 153 Å². The number of pyridine rings is 1. The molecule has 6 heteroatoms. The number of amides is 2. The summed E-state index contributed by atoms with van der Waals surface area (Å²) in [5.74, 6) is -0.440. The molecule has 1 aromatic carbocycles. The van der Waals surface area contributed by atoms with Gasteiger partial charge >= 0.3 is 0 Å². The molecule has 0 bridgehead atoms. The van der Waals surface area contributed by atoms with Gasteiger partial charge < -0.3 is 15.1 Å². The van der Waals surface area contributed by atoms with Gasteiger partial charge in [0, 0.05) is 31.9 Å². The fourth-order valence-corrected chi connectivity index (χ4v) is 2.94. The summed E-state index contributed by atoms with van der Waals surface area (Å²) in [7, 11) is 0. The van der Waals surface area contributed by atoms with Gasteiger partial charge in [0.05, 0.1) is 0 Å². The van der Waals surface area contributed by atoms with Crippen molar-refractivity contribution in [2.45, 2.75) is 13.8 Å². The molecule has 1 fully saturated rings. The highest BCUT2D eigenvalue weighted by molar-refractivity contribution is 6.03. The lowest BCUT2D eigenvalue weighted by Gasteiger charge is -2.33. The maximum absolute atomic E-state index is 12.7. The molecule has 6 nitrogen and oxygen atoms in total. The summed E-state index contributed by atoms with van der Waals surface area (Å²) in [4.78, 5) is 33.5. The number of carbonyl (C=O) groups excluding carboxylic acids is 2. The van der Waals surface area contributed by atoms with Crippen molar-refractivity contribution >= 4 is 17.5 Å². The second-order valence-corrected chi connectivity index (χ2v) is 6.45. The zero-order valence-electron chi connectivity index (χ0n) is 15.2. The molecule has 0 spiro atoms. The summed E-state index contributed by atoms with van der Waals surface area (Å²) < 4.78 is 0. The quantitative estimate of drug-likeness (QED) is 0.918. The number of benzene rings is 1. The lowest BCUT2D eigenvalue weighted by molar-refractivity contribution is 0.0637. The third-order valence-electron chi connectivity index (χ3n) is 4.62. The predicted octanol–water partition coefficient (Wildman–Crippen LogP) is 2.42. The van der Waals surface area contributed by atoms with Gasteiger partial charge in [0.1, 0.15) is 11.4 Å². The number of aromatic nitrogens is 1. The summed E-state index contributed by atoms with van der Waals surface area (Å²) in [6, 6.07) is 12.5. The van der Waals surface area contributed by atoms with E-state index in [1.165, 1.54) is 0 Å². The highest BCUT2D eigenvalue weighted by atomic mass is 16.2. The molecule has 0 unspecified atom stereocenters. The van der Waals surface area contributed by atoms with Gasteiger partial charge in [-0.15, -0.1) is 0 Å². The number of rotatable bonds is 4. The highest BCUT2D eigenvalue weighted by Crippen LogP contribution is 2.12. The molecule has 2 heterocycles. The Morgan fingerprint density at radius 2 is 1.65 bits per heavy atom. The van der Waals surface area contributed by atoms with Crippen molar-refractivity contribution in [1.29, 1.82) is 0 Å². The van der Waals surface area contributed by atoms with Crippen LogP contribution < -0.4 is 5.32 Å². The number of aryl methyl sites for hydroxylation is 1. The number of hydrogen-bond donors (Lipinski definition) is 1. The Hall–Kier alpha value is -2.73. The number of anilines is 1. The van der Waals surface area contributed by atoms with Crippen molar-refractivity contribution in [3.8, 4) is 0 Å². The van der Waals surface area contributed by atoms with Crippen LogP contribution in [0.5, 0.6) is 0 Å². The Bertz CT molecular complexity index is 781. The van der Waals surface area contributed by atoms with Gasteiger partial charge in [-0.05, 0) is 37.7 Å². The van der Waals surface area contributed by atoms with Crippen molar-refractivity contribution in [2.24, 2.45) is 0 Å². The summed E-state index contributed by atoms with van der Waals surface area (Å²) in [6.45, 7) is 8.22. The van der Waals surface area contributed by atoms with Crippen molar-refractivity contribution in [3.05, 3.63) is 59.4 Å². The first kappa shape index (κ1) is 18.1. The van der Waals surface area contributed by atoms with Gasteiger partial charge in [-0.25, -0.2) is 4.98 Å². The topological polar surface area (TPSA) is 65.5 Å². The Kier molecular flexibility index (Phi) is 5.63. The monoisotopic (exact) mass is 352 g/mol. The smallest absolute Gasteiger partial charge is 0.274 e. The number of hydrogen-bond acceptors (Lipinski definition) is 4. The van der Waals surface area contributed by atoms with Crippen LogP contribution in [0.4, 0.5) is 5.69 Å². The zero-order chi connectivity index (χ0) is 18.5. The van der Waals surface area contributed by atoms with E-state index < -0.39 is 0 Å². The third-order valence-corrected chi connectivity index (χ3v) is 4.62. The molecule has 1 aromatic heterocycles. The van der Waals surface area contributed by atoms with Crippen LogP contribution in [-0.2, 0) is 0 Å². The number of carbonyl (C=O) groups is 2. The first-order valence-electron chi connectivity index (χ1n) is 8.93. The molecule has 2 aromatic rings. The maximum atomic E-state index is 12.7. The third kappa shape index (κ3) is 4.26. The van der Waals surface area contributed by atoms with Gasteiger partial charge in [0.25, 0.3) is 11.8 Å². The molecule has 1 saturated heterocycles. The van der Waals surface area contributed by atoms with E-state index in [0.29, 0.717) is 24.5 Å². The molecule has 136 valence electrons. The molecule has 26 heavy (non-hydrogen) atoms. The highest BCUT2D eigenvalue weighted by Gasteiger charge is 2.23. The van der Waals surface area contributed by atoms with Crippen molar-refractivity contribution in [3.63, 3.8) is 0 Å². The lowest BCUT2D eigenvalue weighted by Crippen LogP contribution is -2.48. The van der Waals surface area contributed by atoms with Gasteiger partial charge in [-0.3, -0.25) is 9.59 Å². The van der Waals surface area contributed by atoms with Crippen LogP contribution >= 0.6 is 0 Å². The molecule has 0 atom stereocenters. The van der Waals surface area contributed by atoms with E-state index in [4.69, 9.17) is 0 Å². The number of nitrogens with one attached hydrogen (secondary N) is 1. The van der Waals surface area contributed by atoms with Gasteiger partial charge in [-0.1, -0.05) is 30.7 Å². The van der Waals surface area contributed by atoms with Crippen molar-refractivity contribution in [2.75, 3.05) is 38.0 Å². The molecule has 2 amide bonds. The number of piperazine rings is 1. The van der Waals surface area contributed by atoms with Crippen molar-refractivity contribution < 1.29 is 9.59 Å². The van der Waals surface area contributed by atoms with Crippen molar-refractivity contribution in [1.82, 2.24) is 14.8 Å². The predicted molar refractivity (Wildman–Crippen MR) is 101 cm³/mol. The average molecular weight is 352 g/mol. The molecule has 0 aliphatic carbocycles. The summed E-state index contributed by atoms with van der Waals surface area (Å²) in [5, 5.41) is 2.81. The second-order valence-electron chi connectivity index (χ2n) is 6.45. The largest absolute Gasteiger partial charge is 0.335 e. The maximum Gasteiger partial charge on any atom is 0.274 e. The summed E-state index contributed by atoms with van der Waals surface area (Å²) in [6.07, 6.45) is 0. The van der Waals surface area contributed by atoms with Gasteiger partial charge in [-0.2, -0.15) is 0 Å².